The molecule has 0 radical (unpaired) electrons. The molecule has 74 valence electrons. The standard InChI is InChI=1S/C6H7N5O3/c1-13-5-3-4(8-10-7)6(14-2)9-11(5)12/h3H,1-2H3. The van der Waals surface area contributed by atoms with Gasteiger partial charge in [-0.05, 0) is 10.4 Å². The molecule has 0 fully saturated rings. The van der Waals surface area contributed by atoms with Gasteiger partial charge in [-0.1, -0.05) is 5.11 Å². The summed E-state index contributed by atoms with van der Waals surface area (Å²) in [5, 5.41) is 17.8. The minimum absolute atomic E-state index is 0.0569. The molecule has 0 saturated carbocycles. The van der Waals surface area contributed by atoms with E-state index >= 15 is 0 Å². The van der Waals surface area contributed by atoms with Gasteiger partial charge in [0, 0.05) is 4.91 Å². The molecule has 14 heavy (non-hydrogen) atoms. The lowest BCUT2D eigenvalue weighted by Crippen LogP contribution is -2.33. The van der Waals surface area contributed by atoms with Crippen LogP contribution in [-0.4, -0.2) is 19.3 Å². The van der Waals surface area contributed by atoms with Crippen LogP contribution in [0.1, 0.15) is 0 Å². The highest BCUT2D eigenvalue weighted by molar-refractivity contribution is 5.46. The number of hydrogen-bond acceptors (Lipinski definition) is 5. The molecule has 8 heteroatoms. The van der Waals surface area contributed by atoms with E-state index in [0.29, 0.717) is 0 Å². The molecule has 0 N–H and O–H groups in total. The molecule has 0 aliphatic rings. The van der Waals surface area contributed by atoms with Crippen molar-refractivity contribution in [2.75, 3.05) is 14.2 Å². The van der Waals surface area contributed by atoms with E-state index in [-0.39, 0.29) is 22.3 Å². The molecule has 0 aliphatic heterocycles. The van der Waals surface area contributed by atoms with Gasteiger partial charge in [-0.3, -0.25) is 0 Å². The molecule has 0 unspecified atom stereocenters. The molecule has 1 aromatic heterocycles. The smallest absolute Gasteiger partial charge is 0.406 e. The topological polar surface area (TPSA) is 107 Å². The SMILES string of the molecule is COc1n[n+]([O-])c(OC)cc1N=[N+]=[N-]. The van der Waals surface area contributed by atoms with Gasteiger partial charge in [0.1, 0.15) is 5.69 Å². The summed E-state index contributed by atoms with van der Waals surface area (Å²) in [6.07, 6.45) is 0. The molecular weight excluding hydrogens is 190 g/mol. The number of rotatable bonds is 3. The fourth-order valence-corrected chi connectivity index (χ4v) is 0.819. The first kappa shape index (κ1) is 9.87. The lowest BCUT2D eigenvalue weighted by atomic mass is 10.4. The van der Waals surface area contributed by atoms with E-state index in [9.17, 15) is 5.21 Å². The lowest BCUT2D eigenvalue weighted by molar-refractivity contribution is -0.674. The van der Waals surface area contributed by atoms with E-state index in [1.807, 2.05) is 0 Å². The van der Waals surface area contributed by atoms with Crippen molar-refractivity contribution in [1.29, 1.82) is 0 Å². The Morgan fingerprint density at radius 3 is 2.79 bits per heavy atom. The maximum absolute atomic E-state index is 11.1. The predicted molar refractivity (Wildman–Crippen MR) is 45.1 cm³/mol. The van der Waals surface area contributed by atoms with E-state index in [1.54, 1.807) is 0 Å². The summed E-state index contributed by atoms with van der Waals surface area (Å²) in [7, 11) is 2.61. The monoisotopic (exact) mass is 197 g/mol. The van der Waals surface area contributed by atoms with E-state index in [2.05, 4.69) is 19.9 Å². The summed E-state index contributed by atoms with van der Waals surface area (Å²) < 4.78 is 9.41. The summed E-state index contributed by atoms with van der Waals surface area (Å²) in [4.78, 5) is 2.79. The zero-order valence-corrected chi connectivity index (χ0v) is 7.54. The Hall–Kier alpha value is -2.21. The van der Waals surface area contributed by atoms with Crippen LogP contribution in [0.2, 0.25) is 0 Å². The number of methoxy groups -OCH3 is 2. The van der Waals surface area contributed by atoms with Crippen molar-refractivity contribution in [1.82, 2.24) is 5.10 Å². The first-order valence-electron chi connectivity index (χ1n) is 3.51. The number of azide groups is 1. The average molecular weight is 197 g/mol. The molecule has 1 rings (SSSR count). The quantitative estimate of drug-likeness (QED) is 0.233. The second-order valence-electron chi connectivity index (χ2n) is 2.14. The largest absolute Gasteiger partial charge is 0.591 e. The summed E-state index contributed by atoms with van der Waals surface area (Å²) in [6.45, 7) is 0. The van der Waals surface area contributed by atoms with Crippen LogP contribution in [0.15, 0.2) is 11.2 Å². The fourth-order valence-electron chi connectivity index (χ4n) is 0.819. The zero-order chi connectivity index (χ0) is 10.6. The van der Waals surface area contributed by atoms with Crippen molar-refractivity contribution in [3.05, 3.63) is 21.7 Å². The lowest BCUT2D eigenvalue weighted by Gasteiger charge is -2.03. The number of nitrogens with zero attached hydrogens (tertiary/aromatic N) is 5. The molecule has 0 saturated heterocycles. The molecule has 0 atom stereocenters. The van der Waals surface area contributed by atoms with Crippen molar-refractivity contribution in [3.63, 3.8) is 0 Å². The van der Waals surface area contributed by atoms with Crippen molar-refractivity contribution >= 4 is 5.69 Å². The number of aromatic nitrogens is 2. The van der Waals surface area contributed by atoms with Crippen molar-refractivity contribution < 1.29 is 14.3 Å². The Morgan fingerprint density at radius 1 is 1.57 bits per heavy atom. The highest BCUT2D eigenvalue weighted by Gasteiger charge is 2.14. The first-order valence-corrected chi connectivity index (χ1v) is 3.51. The van der Waals surface area contributed by atoms with Crippen LogP contribution in [0.4, 0.5) is 5.69 Å². The highest BCUT2D eigenvalue weighted by atomic mass is 16.6. The second-order valence-corrected chi connectivity index (χ2v) is 2.14. The zero-order valence-electron chi connectivity index (χ0n) is 7.54. The van der Waals surface area contributed by atoms with Crippen molar-refractivity contribution in [3.8, 4) is 11.8 Å². The van der Waals surface area contributed by atoms with Crippen molar-refractivity contribution in [2.24, 2.45) is 5.11 Å². The van der Waals surface area contributed by atoms with Gasteiger partial charge in [0.05, 0.1) is 25.4 Å². The average Bonchev–Trinajstić information content (AvgIpc) is 2.20. The van der Waals surface area contributed by atoms with E-state index in [1.165, 1.54) is 20.3 Å². The molecule has 0 amide bonds. The molecule has 1 heterocycles. The third-order valence-electron chi connectivity index (χ3n) is 1.40. The van der Waals surface area contributed by atoms with Crippen molar-refractivity contribution in [2.45, 2.75) is 0 Å². The molecule has 1 aromatic rings. The maximum atomic E-state index is 11.1. The van der Waals surface area contributed by atoms with Gasteiger partial charge in [0.2, 0.25) is 0 Å². The van der Waals surface area contributed by atoms with Gasteiger partial charge < -0.3 is 14.7 Å². The number of ether oxygens (including phenoxy) is 2. The Balaban J connectivity index is 3.31. The van der Waals surface area contributed by atoms with Crippen LogP contribution in [-0.2, 0) is 0 Å². The van der Waals surface area contributed by atoms with Gasteiger partial charge in [-0.15, -0.1) is 0 Å². The van der Waals surface area contributed by atoms with Crippen LogP contribution in [0.5, 0.6) is 11.8 Å². The van der Waals surface area contributed by atoms with Crippen LogP contribution >= 0.6 is 0 Å². The minimum atomic E-state index is -0.0757. The van der Waals surface area contributed by atoms with Crippen LogP contribution in [0, 0.1) is 5.21 Å². The molecular formula is C6H7N5O3. The normalized spacial score (nSPS) is 9.00. The van der Waals surface area contributed by atoms with Gasteiger partial charge in [0.15, 0.2) is 0 Å². The van der Waals surface area contributed by atoms with Gasteiger partial charge in [0.25, 0.3) is 5.88 Å². The second kappa shape index (κ2) is 4.15. The van der Waals surface area contributed by atoms with E-state index in [0.717, 1.165) is 0 Å². The first-order chi connectivity index (χ1) is 6.72. The van der Waals surface area contributed by atoms with Crippen LogP contribution < -0.4 is 14.3 Å². The molecule has 0 spiro atoms. The van der Waals surface area contributed by atoms with Gasteiger partial charge >= 0.3 is 5.88 Å². The molecule has 0 aromatic carbocycles. The minimum Gasteiger partial charge on any atom is -0.591 e. The third kappa shape index (κ3) is 1.75. The van der Waals surface area contributed by atoms with Crippen LogP contribution in [0.3, 0.4) is 0 Å². The molecule has 0 aliphatic carbocycles. The highest BCUT2D eigenvalue weighted by Crippen LogP contribution is 2.25. The Bertz CT molecular complexity index is 387. The third-order valence-corrected chi connectivity index (χ3v) is 1.40. The number of hydrogen-bond donors (Lipinski definition) is 0. The fraction of sp³-hybridized carbons (Fsp3) is 0.333. The molecule has 0 bridgehead atoms. The van der Waals surface area contributed by atoms with Crippen LogP contribution in [0.25, 0.3) is 10.4 Å². The summed E-state index contributed by atoms with van der Waals surface area (Å²) in [5.41, 5.74) is 8.32. The Kier molecular flexibility index (Phi) is 2.93. The predicted octanol–water partition coefficient (Wildman–Crippen LogP) is 0.674. The van der Waals surface area contributed by atoms with Gasteiger partial charge in [-0.2, -0.15) is 0 Å². The summed E-state index contributed by atoms with van der Waals surface area (Å²) >= 11 is 0. The maximum Gasteiger partial charge on any atom is 0.406 e. The van der Waals surface area contributed by atoms with E-state index < -0.39 is 0 Å². The summed E-state index contributed by atoms with van der Waals surface area (Å²) in [5.74, 6) is -0.133. The Morgan fingerprint density at radius 2 is 2.29 bits per heavy atom. The summed E-state index contributed by atoms with van der Waals surface area (Å²) in [6, 6.07) is 1.23. The van der Waals surface area contributed by atoms with E-state index in [4.69, 9.17) is 10.3 Å². The Labute approximate surface area is 78.9 Å². The van der Waals surface area contributed by atoms with Gasteiger partial charge in [-0.25, -0.2) is 0 Å². The molecule has 8 nitrogen and oxygen atoms in total.